The summed E-state index contributed by atoms with van der Waals surface area (Å²) in [5, 5.41) is 4.43. The summed E-state index contributed by atoms with van der Waals surface area (Å²) in [6.45, 7) is 4.57. The highest BCUT2D eigenvalue weighted by molar-refractivity contribution is 4.80. The topological polar surface area (TPSA) is 21.7 Å². The van der Waals surface area contributed by atoms with Crippen molar-refractivity contribution in [3.05, 3.63) is 12.2 Å². The molecule has 72 valence electrons. The highest BCUT2D eigenvalue weighted by atomic mass is 15.4. The van der Waals surface area contributed by atoms with E-state index < -0.39 is 0 Å². The lowest BCUT2D eigenvalue weighted by molar-refractivity contribution is -0.718. The molecule has 0 unspecified atom stereocenters. The lowest BCUT2D eigenvalue weighted by Crippen LogP contribution is -2.36. The first-order chi connectivity index (χ1) is 6.16. The maximum absolute atomic E-state index is 4.43. The van der Waals surface area contributed by atoms with Crippen LogP contribution < -0.4 is 4.57 Å². The van der Waals surface area contributed by atoms with Crippen LogP contribution in [-0.4, -0.2) is 9.78 Å². The molecule has 0 saturated carbocycles. The fourth-order valence-corrected chi connectivity index (χ4v) is 2.20. The summed E-state index contributed by atoms with van der Waals surface area (Å²) in [7, 11) is 2.00. The molecule has 0 N–H and O–H groups in total. The van der Waals surface area contributed by atoms with E-state index in [0.717, 1.165) is 12.3 Å². The molecular formula is C10H18N3+. The van der Waals surface area contributed by atoms with Crippen molar-refractivity contribution in [2.24, 2.45) is 13.0 Å². The molecule has 1 aliphatic heterocycles. The van der Waals surface area contributed by atoms with Crippen LogP contribution in [-0.2, 0) is 13.5 Å². The summed E-state index contributed by atoms with van der Waals surface area (Å²) < 4.78 is 4.27. The van der Waals surface area contributed by atoms with Gasteiger partial charge < -0.3 is 0 Å². The Morgan fingerprint density at radius 2 is 2.46 bits per heavy atom. The maximum atomic E-state index is 4.43. The van der Waals surface area contributed by atoms with E-state index >= 15 is 0 Å². The Bertz CT molecular complexity index is 301. The normalized spacial score (nSPS) is 21.1. The number of nitrogens with zero attached hydrogens (tertiary/aromatic N) is 3. The molecule has 1 aliphatic rings. The Morgan fingerprint density at radius 3 is 3.15 bits per heavy atom. The molecule has 0 fully saturated rings. The van der Waals surface area contributed by atoms with Gasteiger partial charge in [0.2, 0.25) is 6.33 Å². The van der Waals surface area contributed by atoms with Gasteiger partial charge in [0.15, 0.2) is 0 Å². The zero-order chi connectivity index (χ0) is 9.42. The van der Waals surface area contributed by atoms with E-state index in [1.165, 1.54) is 18.7 Å². The van der Waals surface area contributed by atoms with Crippen LogP contribution in [0.2, 0.25) is 0 Å². The minimum absolute atomic E-state index is 0.698. The van der Waals surface area contributed by atoms with Gasteiger partial charge in [-0.2, -0.15) is 0 Å². The van der Waals surface area contributed by atoms with E-state index in [4.69, 9.17) is 0 Å². The Labute approximate surface area is 79.4 Å². The second kappa shape index (κ2) is 3.13. The van der Waals surface area contributed by atoms with Crippen molar-refractivity contribution in [3.8, 4) is 0 Å². The second-order valence-corrected chi connectivity index (χ2v) is 4.43. The highest BCUT2D eigenvalue weighted by Crippen LogP contribution is 2.22. The first-order valence-corrected chi connectivity index (χ1v) is 5.10. The third-order valence-corrected chi connectivity index (χ3v) is 2.70. The molecule has 3 heteroatoms. The van der Waals surface area contributed by atoms with Crippen LogP contribution in [0.4, 0.5) is 0 Å². The number of aromatic nitrogens is 3. The van der Waals surface area contributed by atoms with Crippen LogP contribution in [0, 0.1) is 5.92 Å². The first-order valence-electron chi connectivity index (χ1n) is 5.10. The molecule has 3 nitrogen and oxygen atoms in total. The van der Waals surface area contributed by atoms with Crippen LogP contribution in [0.15, 0.2) is 6.33 Å². The fourth-order valence-electron chi connectivity index (χ4n) is 2.20. The van der Waals surface area contributed by atoms with Gasteiger partial charge in [0.05, 0.1) is 13.1 Å². The average molecular weight is 180 g/mol. The summed E-state index contributed by atoms with van der Waals surface area (Å²) in [6, 6.07) is 0.698. The molecule has 1 atom stereocenters. The van der Waals surface area contributed by atoms with E-state index in [0.29, 0.717) is 6.04 Å². The quantitative estimate of drug-likeness (QED) is 0.628. The smallest absolute Gasteiger partial charge is 0.232 e. The SMILES string of the molecule is CC(C)C[C@H]1CCc2nn(C)c[n+]21. The number of hydrogen-bond acceptors (Lipinski definition) is 1. The monoisotopic (exact) mass is 180 g/mol. The van der Waals surface area contributed by atoms with Gasteiger partial charge in [-0.1, -0.05) is 13.8 Å². The van der Waals surface area contributed by atoms with Gasteiger partial charge in [-0.15, -0.1) is 4.68 Å². The van der Waals surface area contributed by atoms with Gasteiger partial charge in [0, 0.05) is 11.5 Å². The van der Waals surface area contributed by atoms with Crippen LogP contribution in [0.1, 0.15) is 38.6 Å². The van der Waals surface area contributed by atoms with Crippen molar-refractivity contribution in [1.82, 2.24) is 9.78 Å². The molecule has 0 amide bonds. The molecule has 0 radical (unpaired) electrons. The van der Waals surface area contributed by atoms with Gasteiger partial charge in [-0.3, -0.25) is 0 Å². The first kappa shape index (κ1) is 8.73. The van der Waals surface area contributed by atoms with Crippen molar-refractivity contribution in [2.75, 3.05) is 0 Å². The van der Waals surface area contributed by atoms with Crippen molar-refractivity contribution >= 4 is 0 Å². The Kier molecular flexibility index (Phi) is 2.10. The minimum atomic E-state index is 0.698. The van der Waals surface area contributed by atoms with Crippen molar-refractivity contribution < 1.29 is 4.57 Å². The summed E-state index contributed by atoms with van der Waals surface area (Å²) in [6.07, 6.45) is 5.83. The van der Waals surface area contributed by atoms with Crippen molar-refractivity contribution in [2.45, 2.75) is 39.2 Å². The number of hydrogen-bond donors (Lipinski definition) is 0. The van der Waals surface area contributed by atoms with E-state index in [-0.39, 0.29) is 0 Å². The summed E-state index contributed by atoms with van der Waals surface area (Å²) in [5.41, 5.74) is 0. The molecule has 0 bridgehead atoms. The molecule has 0 saturated heterocycles. The van der Waals surface area contributed by atoms with E-state index in [1.807, 2.05) is 11.7 Å². The van der Waals surface area contributed by atoms with E-state index in [2.05, 4.69) is 29.8 Å². The largest absolute Gasteiger partial charge is 0.277 e. The Hall–Kier alpha value is -0.860. The molecule has 0 aliphatic carbocycles. The molecule has 0 aromatic carbocycles. The molecule has 13 heavy (non-hydrogen) atoms. The van der Waals surface area contributed by atoms with Gasteiger partial charge in [0.1, 0.15) is 0 Å². The lowest BCUT2D eigenvalue weighted by Gasteiger charge is -2.10. The Balaban J connectivity index is 2.17. The molecule has 2 rings (SSSR count). The molecule has 0 spiro atoms. The van der Waals surface area contributed by atoms with Crippen LogP contribution in [0.5, 0.6) is 0 Å². The lowest BCUT2D eigenvalue weighted by atomic mass is 10.0. The second-order valence-electron chi connectivity index (χ2n) is 4.43. The van der Waals surface area contributed by atoms with E-state index in [9.17, 15) is 0 Å². The maximum Gasteiger partial charge on any atom is 0.277 e. The predicted molar refractivity (Wildman–Crippen MR) is 50.2 cm³/mol. The predicted octanol–water partition coefficient (Wildman–Crippen LogP) is 1.24. The van der Waals surface area contributed by atoms with Gasteiger partial charge >= 0.3 is 0 Å². The third-order valence-electron chi connectivity index (χ3n) is 2.70. The van der Waals surface area contributed by atoms with Crippen LogP contribution >= 0.6 is 0 Å². The highest BCUT2D eigenvalue weighted by Gasteiger charge is 2.30. The average Bonchev–Trinajstić information content (AvgIpc) is 2.51. The van der Waals surface area contributed by atoms with Gasteiger partial charge in [0.25, 0.3) is 5.82 Å². The van der Waals surface area contributed by atoms with Crippen LogP contribution in [0.3, 0.4) is 0 Å². The summed E-state index contributed by atoms with van der Waals surface area (Å²) >= 11 is 0. The minimum Gasteiger partial charge on any atom is -0.232 e. The zero-order valence-corrected chi connectivity index (χ0v) is 8.70. The third kappa shape index (κ3) is 1.60. The van der Waals surface area contributed by atoms with Gasteiger partial charge in [-0.25, -0.2) is 4.57 Å². The van der Waals surface area contributed by atoms with Crippen molar-refractivity contribution in [1.29, 1.82) is 0 Å². The van der Waals surface area contributed by atoms with Crippen LogP contribution in [0.25, 0.3) is 0 Å². The number of fused-ring (bicyclic) bond motifs is 1. The summed E-state index contributed by atoms with van der Waals surface area (Å²) in [4.78, 5) is 0. The molecular weight excluding hydrogens is 162 g/mol. The number of aryl methyl sites for hydroxylation is 2. The molecule has 2 heterocycles. The summed E-state index contributed by atoms with van der Waals surface area (Å²) in [5.74, 6) is 2.04. The van der Waals surface area contributed by atoms with Gasteiger partial charge in [-0.05, 0) is 18.8 Å². The standard InChI is InChI=1S/C10H18N3/c1-8(2)6-9-4-5-10-11-12(3)7-13(9)10/h7-9H,4-6H2,1-3H3/q+1/t9-/m1/s1. The van der Waals surface area contributed by atoms with Crippen molar-refractivity contribution in [3.63, 3.8) is 0 Å². The number of rotatable bonds is 2. The fraction of sp³-hybridized carbons (Fsp3) is 0.800. The zero-order valence-electron chi connectivity index (χ0n) is 8.70. The Morgan fingerprint density at radius 1 is 1.69 bits per heavy atom. The molecule has 1 aromatic heterocycles. The molecule has 1 aromatic rings. The van der Waals surface area contributed by atoms with E-state index in [1.54, 1.807) is 0 Å².